The highest BCUT2D eigenvalue weighted by Gasteiger charge is 2.24. The summed E-state index contributed by atoms with van der Waals surface area (Å²) < 4.78 is 1.26. The number of thiazole rings is 1. The van der Waals surface area contributed by atoms with E-state index >= 15 is 0 Å². The molecule has 0 spiro atoms. The van der Waals surface area contributed by atoms with Crippen LogP contribution in [-0.4, -0.2) is 42.3 Å². The second kappa shape index (κ2) is 8.09. The number of piperidine rings is 1. The number of benzene rings is 2. The fraction of sp³-hybridized carbons (Fsp3) is 0.381. The first kappa shape index (κ1) is 18.0. The Morgan fingerprint density at radius 2 is 1.96 bits per heavy atom. The molecule has 2 aromatic carbocycles. The smallest absolute Gasteiger partial charge is 0.115 e. The van der Waals surface area contributed by atoms with Gasteiger partial charge in [-0.15, -0.1) is 23.1 Å². The van der Waals surface area contributed by atoms with Crippen LogP contribution in [0.25, 0.3) is 10.2 Å². The molecule has 3 nitrogen and oxygen atoms in total. The lowest BCUT2D eigenvalue weighted by Gasteiger charge is -2.32. The number of hydrogen-bond donors (Lipinski definition) is 1. The Morgan fingerprint density at radius 1 is 1.15 bits per heavy atom. The fourth-order valence-electron chi connectivity index (χ4n) is 3.56. The normalized spacial score (nSPS) is 17.6. The number of hydrogen-bond acceptors (Lipinski definition) is 5. The zero-order valence-electron chi connectivity index (χ0n) is 15.3. The third kappa shape index (κ3) is 3.96. The maximum Gasteiger partial charge on any atom is 0.115 e. The van der Waals surface area contributed by atoms with Crippen molar-refractivity contribution >= 4 is 33.3 Å². The molecule has 3 aromatic rings. The Labute approximate surface area is 163 Å². The number of nitrogens with one attached hydrogen (secondary N) is 1. The average molecular weight is 384 g/mol. The van der Waals surface area contributed by atoms with Crippen molar-refractivity contribution in [2.24, 2.45) is 0 Å². The molecule has 0 aliphatic carbocycles. The van der Waals surface area contributed by atoms with Crippen LogP contribution in [-0.2, 0) is 0 Å². The van der Waals surface area contributed by atoms with E-state index in [2.05, 4.69) is 72.1 Å². The lowest BCUT2D eigenvalue weighted by Crippen LogP contribution is -2.42. The van der Waals surface area contributed by atoms with E-state index in [1.54, 1.807) is 11.8 Å². The first-order chi connectivity index (χ1) is 12.7. The van der Waals surface area contributed by atoms with Gasteiger partial charge in [0.1, 0.15) is 5.01 Å². The van der Waals surface area contributed by atoms with Crippen molar-refractivity contribution in [2.75, 3.05) is 26.4 Å². The molecule has 1 aliphatic rings. The highest BCUT2D eigenvalue weighted by molar-refractivity contribution is 7.98. The molecule has 26 heavy (non-hydrogen) atoms. The predicted octanol–water partition coefficient (Wildman–Crippen LogP) is 4.79. The number of likely N-dealkylation sites (tertiary alicyclic amines) is 1. The fourth-order valence-corrected chi connectivity index (χ4v) is 5.08. The molecule has 0 radical (unpaired) electrons. The van der Waals surface area contributed by atoms with Crippen molar-refractivity contribution in [1.82, 2.24) is 15.2 Å². The summed E-state index contributed by atoms with van der Waals surface area (Å²) in [5, 5.41) is 5.10. The van der Waals surface area contributed by atoms with Crippen LogP contribution >= 0.6 is 23.1 Å². The molecule has 1 unspecified atom stereocenters. The second-order valence-electron chi connectivity index (χ2n) is 6.97. The summed E-state index contributed by atoms with van der Waals surface area (Å²) in [5.41, 5.74) is 2.42. The molecule has 2 heterocycles. The maximum atomic E-state index is 4.96. The first-order valence-electron chi connectivity index (χ1n) is 9.17. The van der Waals surface area contributed by atoms with E-state index in [4.69, 9.17) is 4.98 Å². The summed E-state index contributed by atoms with van der Waals surface area (Å²) in [6, 6.07) is 18.0. The van der Waals surface area contributed by atoms with Crippen LogP contribution < -0.4 is 5.32 Å². The van der Waals surface area contributed by atoms with Crippen LogP contribution in [0.15, 0.2) is 53.4 Å². The first-order valence-corrected chi connectivity index (χ1v) is 11.2. The predicted molar refractivity (Wildman–Crippen MR) is 113 cm³/mol. The maximum absolute atomic E-state index is 4.96. The van der Waals surface area contributed by atoms with Gasteiger partial charge >= 0.3 is 0 Å². The van der Waals surface area contributed by atoms with Gasteiger partial charge in [-0.3, -0.25) is 0 Å². The topological polar surface area (TPSA) is 28.2 Å². The molecule has 136 valence electrons. The van der Waals surface area contributed by atoms with Crippen LogP contribution in [0.4, 0.5) is 0 Å². The van der Waals surface area contributed by atoms with Crippen LogP contribution in [0.2, 0.25) is 0 Å². The molecule has 0 amide bonds. The largest absolute Gasteiger partial charge is 0.306 e. The number of fused-ring (bicyclic) bond motifs is 1. The molecule has 1 aromatic heterocycles. The van der Waals surface area contributed by atoms with Crippen LogP contribution in [0.5, 0.6) is 0 Å². The van der Waals surface area contributed by atoms with Crippen molar-refractivity contribution in [1.29, 1.82) is 0 Å². The number of nitrogens with zero attached hydrogens (tertiary/aromatic N) is 2. The van der Waals surface area contributed by atoms with Gasteiger partial charge < -0.3 is 10.2 Å². The molecule has 0 bridgehead atoms. The van der Waals surface area contributed by atoms with Gasteiger partial charge in [-0.25, -0.2) is 4.98 Å². The Bertz CT molecular complexity index is 835. The Kier molecular flexibility index (Phi) is 5.60. The Balaban J connectivity index is 1.68. The quantitative estimate of drug-likeness (QED) is 0.641. The third-order valence-corrected chi connectivity index (χ3v) is 6.93. The van der Waals surface area contributed by atoms with Crippen LogP contribution in [0.1, 0.15) is 29.5 Å². The van der Waals surface area contributed by atoms with E-state index in [1.807, 2.05) is 11.3 Å². The van der Waals surface area contributed by atoms with E-state index < -0.39 is 0 Å². The van der Waals surface area contributed by atoms with Gasteiger partial charge in [0.2, 0.25) is 0 Å². The van der Waals surface area contributed by atoms with Gasteiger partial charge in [0.25, 0.3) is 0 Å². The summed E-state index contributed by atoms with van der Waals surface area (Å²) in [7, 11) is 2.21. The van der Waals surface area contributed by atoms with Gasteiger partial charge in [0.05, 0.1) is 16.3 Å². The molecule has 1 N–H and O–H groups in total. The van der Waals surface area contributed by atoms with Crippen molar-refractivity contribution in [3.05, 3.63) is 59.1 Å². The van der Waals surface area contributed by atoms with Crippen molar-refractivity contribution in [3.8, 4) is 0 Å². The van der Waals surface area contributed by atoms with Crippen molar-refractivity contribution in [2.45, 2.75) is 29.8 Å². The number of rotatable bonds is 5. The standard InChI is InChI=1S/C21H25N3S2/c1-24-12-10-16(11-13-24)22-20(15-6-5-7-17(14-15)25-2)21-23-18-8-3-4-9-19(18)26-21/h3-9,14,16,20,22H,10-13H2,1-2H3. The van der Waals surface area contributed by atoms with Gasteiger partial charge in [0.15, 0.2) is 0 Å². The number of para-hydroxylation sites is 1. The minimum Gasteiger partial charge on any atom is -0.306 e. The lowest BCUT2D eigenvalue weighted by atomic mass is 10.0. The average Bonchev–Trinajstić information content (AvgIpc) is 3.11. The molecule has 1 fully saturated rings. The summed E-state index contributed by atoms with van der Waals surface area (Å²) in [6.07, 6.45) is 4.52. The van der Waals surface area contributed by atoms with E-state index in [9.17, 15) is 0 Å². The highest BCUT2D eigenvalue weighted by atomic mass is 32.2. The van der Waals surface area contributed by atoms with E-state index in [1.165, 1.54) is 33.0 Å². The van der Waals surface area contributed by atoms with E-state index in [0.717, 1.165) is 18.6 Å². The number of aromatic nitrogens is 1. The Hall–Kier alpha value is -1.40. The van der Waals surface area contributed by atoms with Gasteiger partial charge in [0, 0.05) is 10.9 Å². The van der Waals surface area contributed by atoms with Crippen molar-refractivity contribution in [3.63, 3.8) is 0 Å². The zero-order chi connectivity index (χ0) is 17.9. The molecule has 0 saturated carbocycles. The summed E-state index contributed by atoms with van der Waals surface area (Å²) >= 11 is 3.61. The zero-order valence-corrected chi connectivity index (χ0v) is 16.9. The van der Waals surface area contributed by atoms with E-state index in [-0.39, 0.29) is 6.04 Å². The highest BCUT2D eigenvalue weighted by Crippen LogP contribution is 2.32. The minimum atomic E-state index is 0.160. The van der Waals surface area contributed by atoms with E-state index in [0.29, 0.717) is 6.04 Å². The molecule has 1 aliphatic heterocycles. The summed E-state index contributed by atoms with van der Waals surface area (Å²) in [4.78, 5) is 8.68. The molecule has 5 heteroatoms. The monoisotopic (exact) mass is 383 g/mol. The third-order valence-electron chi connectivity index (χ3n) is 5.11. The Morgan fingerprint density at radius 3 is 2.73 bits per heavy atom. The lowest BCUT2D eigenvalue weighted by molar-refractivity contribution is 0.229. The second-order valence-corrected chi connectivity index (χ2v) is 8.92. The minimum absolute atomic E-state index is 0.160. The molecule has 1 saturated heterocycles. The molecular formula is C21H25N3S2. The molecule has 4 rings (SSSR count). The SMILES string of the molecule is CSc1cccc(C(NC2CCN(C)CC2)c2nc3ccccc3s2)c1. The summed E-state index contributed by atoms with van der Waals surface area (Å²) in [6.45, 7) is 2.32. The molecule has 1 atom stereocenters. The van der Waals surface area contributed by atoms with Crippen LogP contribution in [0.3, 0.4) is 0 Å². The summed E-state index contributed by atoms with van der Waals surface area (Å²) in [5.74, 6) is 0. The van der Waals surface area contributed by atoms with Gasteiger partial charge in [-0.1, -0.05) is 24.3 Å². The van der Waals surface area contributed by atoms with Crippen molar-refractivity contribution < 1.29 is 0 Å². The molecular weight excluding hydrogens is 358 g/mol. The van der Waals surface area contributed by atoms with Crippen LogP contribution in [0, 0.1) is 0 Å². The van der Waals surface area contributed by atoms with Gasteiger partial charge in [-0.2, -0.15) is 0 Å². The van der Waals surface area contributed by atoms with Gasteiger partial charge in [-0.05, 0) is 69.1 Å². The number of thioether (sulfide) groups is 1.